The molecule has 2 aromatic carbocycles. The van der Waals surface area contributed by atoms with Gasteiger partial charge < -0.3 is 4.90 Å². The van der Waals surface area contributed by atoms with Crippen molar-refractivity contribution in [3.63, 3.8) is 0 Å². The van der Waals surface area contributed by atoms with Gasteiger partial charge in [-0.3, -0.25) is 0 Å². The van der Waals surface area contributed by atoms with E-state index in [9.17, 15) is 0 Å². The molecule has 0 aliphatic rings. The highest BCUT2D eigenvalue weighted by atomic mass is 15.1. The van der Waals surface area contributed by atoms with Crippen LogP contribution >= 0.6 is 0 Å². The van der Waals surface area contributed by atoms with Crippen molar-refractivity contribution >= 4 is 11.4 Å². The molecule has 0 unspecified atom stereocenters. The van der Waals surface area contributed by atoms with Crippen molar-refractivity contribution in [2.24, 2.45) is 0 Å². The van der Waals surface area contributed by atoms with Crippen molar-refractivity contribution in [1.82, 2.24) is 0 Å². The lowest BCUT2D eigenvalue weighted by Crippen LogP contribution is -2.15. The van der Waals surface area contributed by atoms with E-state index in [0.29, 0.717) is 0 Å². The third-order valence-corrected chi connectivity index (χ3v) is 2.78. The second-order valence-corrected chi connectivity index (χ2v) is 3.92. The summed E-state index contributed by atoms with van der Waals surface area (Å²) in [6, 6.07) is 22.0. The third-order valence-electron chi connectivity index (χ3n) is 2.78. The fraction of sp³-hybridized carbons (Fsp3) is 0.0625. The van der Waals surface area contributed by atoms with E-state index >= 15 is 0 Å². The Bertz CT molecular complexity index is 565. The Kier molecular flexibility index (Phi) is 3.78. The Labute approximate surface area is 107 Å². The molecule has 0 aliphatic heterocycles. The number of anilines is 1. The second kappa shape index (κ2) is 5.70. The number of benzene rings is 2. The lowest BCUT2D eigenvalue weighted by Gasteiger charge is -2.22. The fourth-order valence-corrected chi connectivity index (χ4v) is 1.83. The molecule has 2 nitrogen and oxygen atoms in total. The molecule has 0 heterocycles. The van der Waals surface area contributed by atoms with Crippen molar-refractivity contribution in [3.8, 4) is 6.07 Å². The van der Waals surface area contributed by atoms with Crippen LogP contribution in [0.2, 0.25) is 0 Å². The summed E-state index contributed by atoms with van der Waals surface area (Å²) in [6.45, 7) is 0. The molecule has 0 saturated heterocycles. The molecular formula is C16H14N2. The van der Waals surface area contributed by atoms with Crippen LogP contribution in [0.1, 0.15) is 5.56 Å². The van der Waals surface area contributed by atoms with Crippen molar-refractivity contribution in [1.29, 1.82) is 5.26 Å². The first-order valence-corrected chi connectivity index (χ1v) is 5.77. The van der Waals surface area contributed by atoms with Gasteiger partial charge in [0.05, 0.1) is 11.8 Å². The highest BCUT2D eigenvalue weighted by Crippen LogP contribution is 2.23. The Morgan fingerprint density at radius 2 is 1.56 bits per heavy atom. The molecule has 0 bridgehead atoms. The maximum Gasteiger partial charge on any atom is 0.0934 e. The molecule has 2 aromatic rings. The molecule has 0 fully saturated rings. The second-order valence-electron chi connectivity index (χ2n) is 3.92. The Hall–Kier alpha value is -2.53. The van der Waals surface area contributed by atoms with Crippen LogP contribution in [0.25, 0.3) is 5.70 Å². The van der Waals surface area contributed by atoms with E-state index in [2.05, 4.69) is 6.07 Å². The highest BCUT2D eigenvalue weighted by molar-refractivity contribution is 5.79. The zero-order valence-corrected chi connectivity index (χ0v) is 10.2. The molecule has 0 spiro atoms. The van der Waals surface area contributed by atoms with Crippen LogP contribution in [-0.4, -0.2) is 7.05 Å². The molecule has 0 N–H and O–H groups in total. The minimum Gasteiger partial charge on any atom is -0.344 e. The smallest absolute Gasteiger partial charge is 0.0934 e. The van der Waals surface area contributed by atoms with E-state index < -0.39 is 0 Å². The van der Waals surface area contributed by atoms with Gasteiger partial charge in [0.25, 0.3) is 0 Å². The number of rotatable bonds is 3. The molecule has 88 valence electrons. The van der Waals surface area contributed by atoms with Gasteiger partial charge in [0.1, 0.15) is 0 Å². The lowest BCUT2D eigenvalue weighted by atomic mass is 10.1. The molecule has 0 amide bonds. The normalized spacial score (nSPS) is 10.8. The summed E-state index contributed by atoms with van der Waals surface area (Å²) in [5, 5.41) is 8.94. The number of nitriles is 1. The predicted molar refractivity (Wildman–Crippen MR) is 74.9 cm³/mol. The van der Waals surface area contributed by atoms with Gasteiger partial charge in [-0.15, -0.1) is 0 Å². The number of nitrogens with zero attached hydrogens (tertiary/aromatic N) is 2. The zero-order chi connectivity index (χ0) is 12.8. The first-order valence-electron chi connectivity index (χ1n) is 5.77. The van der Waals surface area contributed by atoms with Crippen LogP contribution in [0.3, 0.4) is 0 Å². The average Bonchev–Trinajstić information content (AvgIpc) is 2.46. The van der Waals surface area contributed by atoms with Crippen molar-refractivity contribution < 1.29 is 0 Å². The number of allylic oxidation sites excluding steroid dienone is 1. The Morgan fingerprint density at radius 1 is 1.00 bits per heavy atom. The molecule has 0 atom stereocenters. The van der Waals surface area contributed by atoms with Gasteiger partial charge in [-0.1, -0.05) is 48.5 Å². The highest BCUT2D eigenvalue weighted by Gasteiger charge is 2.08. The van der Waals surface area contributed by atoms with Crippen LogP contribution in [-0.2, 0) is 0 Å². The minimum atomic E-state index is 0.893. The predicted octanol–water partition coefficient (Wildman–Crippen LogP) is 3.69. The largest absolute Gasteiger partial charge is 0.344 e. The standard InChI is InChI=1S/C16H14N2/c1-18(15-10-6-3-7-11-15)16(12-13-17)14-8-4-2-5-9-14/h2-12H,1H3. The van der Waals surface area contributed by atoms with Crippen LogP contribution in [0.4, 0.5) is 5.69 Å². The third kappa shape index (κ3) is 2.58. The molecule has 2 rings (SSSR count). The number of hydrogen-bond acceptors (Lipinski definition) is 2. The van der Waals surface area contributed by atoms with Gasteiger partial charge >= 0.3 is 0 Å². The summed E-state index contributed by atoms with van der Waals surface area (Å²) < 4.78 is 0. The minimum absolute atomic E-state index is 0.893. The molecular weight excluding hydrogens is 220 g/mol. The van der Waals surface area contributed by atoms with Crippen molar-refractivity contribution in [2.45, 2.75) is 0 Å². The van der Waals surface area contributed by atoms with E-state index in [0.717, 1.165) is 16.9 Å². The fourth-order valence-electron chi connectivity index (χ4n) is 1.83. The molecule has 18 heavy (non-hydrogen) atoms. The van der Waals surface area contributed by atoms with Gasteiger partial charge in [-0.25, -0.2) is 0 Å². The monoisotopic (exact) mass is 234 g/mol. The molecule has 0 aromatic heterocycles. The van der Waals surface area contributed by atoms with E-state index in [4.69, 9.17) is 5.26 Å². The van der Waals surface area contributed by atoms with Gasteiger partial charge in [-0.2, -0.15) is 5.26 Å². The van der Waals surface area contributed by atoms with E-state index in [-0.39, 0.29) is 0 Å². The van der Waals surface area contributed by atoms with Crippen LogP contribution in [0.15, 0.2) is 66.7 Å². The number of hydrogen-bond donors (Lipinski definition) is 0. The van der Waals surface area contributed by atoms with Gasteiger partial charge in [0.15, 0.2) is 0 Å². The van der Waals surface area contributed by atoms with E-state index in [1.165, 1.54) is 0 Å². The summed E-state index contributed by atoms with van der Waals surface area (Å²) in [6.07, 6.45) is 1.57. The van der Waals surface area contributed by atoms with Crippen LogP contribution in [0, 0.1) is 11.3 Å². The summed E-state index contributed by atoms with van der Waals surface area (Å²) >= 11 is 0. The summed E-state index contributed by atoms with van der Waals surface area (Å²) in [4.78, 5) is 2.01. The van der Waals surface area contributed by atoms with Crippen LogP contribution < -0.4 is 4.90 Å². The summed E-state index contributed by atoms with van der Waals surface area (Å²) in [7, 11) is 1.96. The summed E-state index contributed by atoms with van der Waals surface area (Å²) in [5.41, 5.74) is 2.98. The van der Waals surface area contributed by atoms with E-state index in [1.54, 1.807) is 6.08 Å². The number of para-hydroxylation sites is 1. The first kappa shape index (κ1) is 11.9. The Morgan fingerprint density at radius 3 is 2.11 bits per heavy atom. The van der Waals surface area contributed by atoms with Crippen molar-refractivity contribution in [3.05, 3.63) is 72.3 Å². The molecule has 0 radical (unpaired) electrons. The Balaban J connectivity index is 2.39. The van der Waals surface area contributed by atoms with Crippen LogP contribution in [0.5, 0.6) is 0 Å². The first-order chi connectivity index (χ1) is 8.83. The SMILES string of the molecule is CN(C(=CC#N)c1ccccc1)c1ccccc1. The quantitative estimate of drug-likeness (QED) is 0.757. The zero-order valence-electron chi connectivity index (χ0n) is 10.2. The lowest BCUT2D eigenvalue weighted by molar-refractivity contribution is 1.22. The average molecular weight is 234 g/mol. The molecule has 2 heteroatoms. The topological polar surface area (TPSA) is 27.0 Å². The van der Waals surface area contributed by atoms with Gasteiger partial charge in [0.2, 0.25) is 0 Å². The molecule has 0 aliphatic carbocycles. The van der Waals surface area contributed by atoms with E-state index in [1.807, 2.05) is 72.6 Å². The van der Waals surface area contributed by atoms with Gasteiger partial charge in [0, 0.05) is 18.8 Å². The van der Waals surface area contributed by atoms with Crippen molar-refractivity contribution in [2.75, 3.05) is 11.9 Å². The summed E-state index contributed by atoms with van der Waals surface area (Å²) in [5.74, 6) is 0. The molecule has 0 saturated carbocycles. The maximum atomic E-state index is 8.94. The van der Waals surface area contributed by atoms with Gasteiger partial charge in [-0.05, 0) is 17.7 Å². The maximum absolute atomic E-state index is 8.94.